The van der Waals surface area contributed by atoms with E-state index in [0.717, 1.165) is 60.0 Å². The summed E-state index contributed by atoms with van der Waals surface area (Å²) in [7, 11) is 0. The summed E-state index contributed by atoms with van der Waals surface area (Å²) in [6.07, 6.45) is 5.26. The number of halogens is 1. The molecule has 0 bridgehead atoms. The van der Waals surface area contributed by atoms with E-state index in [9.17, 15) is 4.79 Å². The van der Waals surface area contributed by atoms with Crippen molar-refractivity contribution in [2.24, 2.45) is 5.92 Å². The first kappa shape index (κ1) is 21.7. The average Bonchev–Trinajstić information content (AvgIpc) is 3.01. The molecule has 0 unspecified atom stereocenters. The van der Waals surface area contributed by atoms with Gasteiger partial charge in [-0.3, -0.25) is 4.79 Å². The highest BCUT2D eigenvalue weighted by Gasteiger charge is 2.24. The van der Waals surface area contributed by atoms with Crippen molar-refractivity contribution >= 4 is 34.3 Å². The van der Waals surface area contributed by atoms with E-state index < -0.39 is 5.97 Å². The van der Waals surface area contributed by atoms with Crippen LogP contribution in [0.4, 0.5) is 5.82 Å². The Morgan fingerprint density at radius 2 is 1.74 bits per heavy atom. The van der Waals surface area contributed by atoms with E-state index >= 15 is 0 Å². The van der Waals surface area contributed by atoms with Crippen LogP contribution in [0.25, 0.3) is 16.6 Å². The van der Waals surface area contributed by atoms with Gasteiger partial charge in [-0.1, -0.05) is 11.6 Å². The van der Waals surface area contributed by atoms with Crippen molar-refractivity contribution in [1.82, 2.24) is 9.55 Å². The highest BCUT2D eigenvalue weighted by Crippen LogP contribution is 2.36. The molecule has 3 aromatic rings. The van der Waals surface area contributed by atoms with Crippen molar-refractivity contribution < 1.29 is 9.90 Å². The Hall–Kier alpha value is -2.53. The van der Waals surface area contributed by atoms with Crippen LogP contribution in [0.15, 0.2) is 24.4 Å². The van der Waals surface area contributed by atoms with Crippen LogP contribution in [0.5, 0.6) is 0 Å². The number of benzene rings is 1. The second kappa shape index (κ2) is 8.54. The summed E-state index contributed by atoms with van der Waals surface area (Å²) in [5.41, 5.74) is 6.85. The summed E-state index contributed by atoms with van der Waals surface area (Å²) in [6, 6.07) is 6.20. The molecule has 4 rings (SSSR count). The Kier molecular flexibility index (Phi) is 5.98. The molecule has 1 saturated heterocycles. The monoisotopic (exact) mass is 439 g/mol. The molecule has 5 nitrogen and oxygen atoms in total. The molecule has 1 aliphatic heterocycles. The van der Waals surface area contributed by atoms with E-state index in [0.29, 0.717) is 5.92 Å². The molecule has 0 atom stereocenters. The second-order valence-corrected chi connectivity index (χ2v) is 9.35. The van der Waals surface area contributed by atoms with Gasteiger partial charge in [0.2, 0.25) is 0 Å². The zero-order chi connectivity index (χ0) is 22.3. The van der Waals surface area contributed by atoms with E-state index in [2.05, 4.69) is 49.4 Å². The van der Waals surface area contributed by atoms with Crippen molar-refractivity contribution in [1.29, 1.82) is 0 Å². The molecule has 1 aromatic carbocycles. The van der Waals surface area contributed by atoms with Gasteiger partial charge in [0, 0.05) is 41.8 Å². The number of carboxylic acid groups (broad SMARTS) is 1. The minimum Gasteiger partial charge on any atom is -0.481 e. The van der Waals surface area contributed by atoms with Gasteiger partial charge in [0.1, 0.15) is 5.82 Å². The first-order chi connectivity index (χ1) is 14.7. The molecule has 0 amide bonds. The van der Waals surface area contributed by atoms with Crippen molar-refractivity contribution in [2.45, 2.75) is 53.4 Å². The van der Waals surface area contributed by atoms with Gasteiger partial charge >= 0.3 is 5.97 Å². The van der Waals surface area contributed by atoms with Crippen molar-refractivity contribution in [3.63, 3.8) is 0 Å². The number of carbonyl (C=O) groups is 1. The van der Waals surface area contributed by atoms with Crippen LogP contribution in [-0.2, 0) is 4.79 Å². The van der Waals surface area contributed by atoms with Crippen molar-refractivity contribution in [3.05, 3.63) is 51.8 Å². The number of hydrogen-bond acceptors (Lipinski definition) is 3. The van der Waals surface area contributed by atoms with Crippen molar-refractivity contribution in [2.75, 3.05) is 18.0 Å². The molecular formula is C25H30ClN3O2. The molecule has 1 fully saturated rings. The first-order valence-corrected chi connectivity index (χ1v) is 11.4. The number of aromatic nitrogens is 2. The van der Waals surface area contributed by atoms with Crippen LogP contribution in [-0.4, -0.2) is 33.7 Å². The maximum atomic E-state index is 10.9. The van der Waals surface area contributed by atoms with Crippen LogP contribution >= 0.6 is 11.6 Å². The normalized spacial score (nSPS) is 15.1. The summed E-state index contributed by atoms with van der Waals surface area (Å²) >= 11 is 6.28. The zero-order valence-corrected chi connectivity index (χ0v) is 19.5. The maximum absolute atomic E-state index is 10.9. The number of rotatable bonds is 5. The SMILES string of the molecule is Cc1cc2c(c(C)cn2-c2c(C)cc(Cl)cc2C)c(N2CCC(CCC(=O)O)CC2)n1. The number of fused-ring (bicyclic) bond motifs is 1. The number of aliphatic carboxylic acids is 1. The zero-order valence-electron chi connectivity index (χ0n) is 18.7. The number of anilines is 1. The van der Waals surface area contributed by atoms with Crippen LogP contribution in [0, 0.1) is 33.6 Å². The number of aryl methyl sites for hydroxylation is 4. The van der Waals surface area contributed by atoms with Gasteiger partial charge in [-0.2, -0.15) is 0 Å². The fourth-order valence-corrected chi connectivity index (χ4v) is 5.32. The molecule has 0 saturated carbocycles. The Morgan fingerprint density at radius 1 is 1.10 bits per heavy atom. The van der Waals surface area contributed by atoms with Crippen molar-refractivity contribution in [3.8, 4) is 5.69 Å². The molecule has 1 aliphatic rings. The van der Waals surface area contributed by atoms with Crippen LogP contribution in [0.1, 0.15) is 48.1 Å². The van der Waals surface area contributed by atoms with Gasteiger partial charge in [0.25, 0.3) is 0 Å². The van der Waals surface area contributed by atoms with E-state index in [1.54, 1.807) is 0 Å². The largest absolute Gasteiger partial charge is 0.481 e. The van der Waals surface area contributed by atoms with E-state index in [4.69, 9.17) is 21.7 Å². The Labute approximate surface area is 188 Å². The third kappa shape index (κ3) is 4.29. The van der Waals surface area contributed by atoms with Crippen LogP contribution in [0.3, 0.4) is 0 Å². The number of nitrogens with zero attached hydrogens (tertiary/aromatic N) is 3. The average molecular weight is 440 g/mol. The molecule has 0 aliphatic carbocycles. The fraction of sp³-hybridized carbons (Fsp3) is 0.440. The summed E-state index contributed by atoms with van der Waals surface area (Å²) < 4.78 is 2.28. The fourth-order valence-electron chi connectivity index (χ4n) is 4.99. The van der Waals surface area contributed by atoms with E-state index in [1.807, 2.05) is 12.1 Å². The molecule has 3 heterocycles. The quantitative estimate of drug-likeness (QED) is 0.530. The van der Waals surface area contributed by atoms with E-state index in [1.165, 1.54) is 22.2 Å². The van der Waals surface area contributed by atoms with E-state index in [-0.39, 0.29) is 6.42 Å². The lowest BCUT2D eigenvalue weighted by molar-refractivity contribution is -0.137. The van der Waals surface area contributed by atoms with Crippen LogP contribution < -0.4 is 4.90 Å². The van der Waals surface area contributed by atoms with Gasteiger partial charge in [-0.15, -0.1) is 0 Å². The standard InChI is InChI=1S/C25H30ClN3O2/c1-15-11-20(26)12-16(2)24(15)29-14-17(3)23-21(29)13-18(4)27-25(23)28-9-7-19(8-10-28)5-6-22(30)31/h11-14,19H,5-10H2,1-4H3,(H,30,31). The predicted molar refractivity (Wildman–Crippen MR) is 127 cm³/mol. The van der Waals surface area contributed by atoms with Gasteiger partial charge in [-0.25, -0.2) is 4.98 Å². The molecular weight excluding hydrogens is 410 g/mol. The molecule has 164 valence electrons. The van der Waals surface area contributed by atoms with Gasteiger partial charge in [0.15, 0.2) is 0 Å². The number of piperidine rings is 1. The predicted octanol–water partition coefficient (Wildman–Crippen LogP) is 5.99. The number of pyridine rings is 1. The minimum atomic E-state index is -0.700. The second-order valence-electron chi connectivity index (χ2n) is 8.91. The summed E-state index contributed by atoms with van der Waals surface area (Å²) in [6.45, 7) is 10.2. The first-order valence-electron chi connectivity index (χ1n) is 11.0. The lowest BCUT2D eigenvalue weighted by Crippen LogP contribution is -2.34. The Morgan fingerprint density at radius 3 is 2.35 bits per heavy atom. The summed E-state index contributed by atoms with van der Waals surface area (Å²) in [5.74, 6) is 0.833. The minimum absolute atomic E-state index is 0.263. The summed E-state index contributed by atoms with van der Waals surface area (Å²) in [4.78, 5) is 18.2. The number of hydrogen-bond donors (Lipinski definition) is 1. The third-order valence-corrected chi connectivity index (χ3v) is 6.68. The number of carboxylic acids is 1. The lowest BCUT2D eigenvalue weighted by atomic mass is 9.92. The smallest absolute Gasteiger partial charge is 0.303 e. The maximum Gasteiger partial charge on any atom is 0.303 e. The van der Waals surface area contributed by atoms with Gasteiger partial charge in [-0.05, 0) is 87.8 Å². The molecule has 1 N–H and O–H groups in total. The highest BCUT2D eigenvalue weighted by atomic mass is 35.5. The van der Waals surface area contributed by atoms with Crippen LogP contribution in [0.2, 0.25) is 5.02 Å². The Balaban J connectivity index is 1.72. The molecule has 0 spiro atoms. The molecule has 2 aromatic heterocycles. The molecule has 0 radical (unpaired) electrons. The molecule has 6 heteroatoms. The lowest BCUT2D eigenvalue weighted by Gasteiger charge is -2.33. The Bertz CT molecular complexity index is 1120. The highest BCUT2D eigenvalue weighted by molar-refractivity contribution is 6.30. The third-order valence-electron chi connectivity index (χ3n) is 6.46. The summed E-state index contributed by atoms with van der Waals surface area (Å²) in [5, 5.41) is 10.9. The van der Waals surface area contributed by atoms with Gasteiger partial charge in [0.05, 0.1) is 11.2 Å². The topological polar surface area (TPSA) is 58.4 Å². The molecule has 31 heavy (non-hydrogen) atoms. The van der Waals surface area contributed by atoms with Gasteiger partial charge < -0.3 is 14.6 Å².